The van der Waals surface area contributed by atoms with Gasteiger partial charge in [0.1, 0.15) is 11.9 Å². The summed E-state index contributed by atoms with van der Waals surface area (Å²) in [5.74, 6) is 0.533. The van der Waals surface area contributed by atoms with Gasteiger partial charge in [-0.05, 0) is 35.2 Å². The molecule has 0 bridgehead atoms. The zero-order valence-corrected chi connectivity index (χ0v) is 13.9. The average Bonchev–Trinajstić information content (AvgIpc) is 3.22. The van der Waals surface area contributed by atoms with Crippen molar-refractivity contribution in [2.24, 2.45) is 5.73 Å². The standard InChI is InChI=1S/C20H21N3O2/c21-20(24)19-11-17(25-16-4-2-1-3-5-16)13-23(19)12-14-6-7-15-8-9-22-18(15)10-14/h1-10,17,19,22H,11-13H2,(H2,21,24)/t17-,19-/m0/s1. The Morgan fingerprint density at radius 1 is 1.20 bits per heavy atom. The second kappa shape index (κ2) is 6.61. The van der Waals surface area contributed by atoms with E-state index in [0.29, 0.717) is 19.5 Å². The van der Waals surface area contributed by atoms with Crippen molar-refractivity contribution in [2.45, 2.75) is 25.1 Å². The van der Waals surface area contributed by atoms with E-state index in [-0.39, 0.29) is 18.1 Å². The van der Waals surface area contributed by atoms with Gasteiger partial charge in [0.25, 0.3) is 0 Å². The summed E-state index contributed by atoms with van der Waals surface area (Å²) in [5, 5.41) is 1.18. The molecule has 3 N–H and O–H groups in total. The molecule has 3 aromatic rings. The molecule has 0 spiro atoms. The van der Waals surface area contributed by atoms with Gasteiger partial charge in [0, 0.05) is 31.2 Å². The first-order valence-corrected chi connectivity index (χ1v) is 8.50. The maximum absolute atomic E-state index is 11.9. The molecule has 5 heteroatoms. The highest BCUT2D eigenvalue weighted by Crippen LogP contribution is 2.25. The van der Waals surface area contributed by atoms with Crippen LogP contribution >= 0.6 is 0 Å². The van der Waals surface area contributed by atoms with Gasteiger partial charge < -0.3 is 15.5 Å². The molecule has 0 aliphatic carbocycles. The van der Waals surface area contributed by atoms with Gasteiger partial charge in [0.15, 0.2) is 0 Å². The molecule has 1 fully saturated rings. The number of fused-ring (bicyclic) bond motifs is 1. The van der Waals surface area contributed by atoms with Crippen molar-refractivity contribution in [2.75, 3.05) is 6.54 Å². The van der Waals surface area contributed by atoms with Crippen molar-refractivity contribution in [3.05, 3.63) is 66.4 Å². The Labute approximate surface area is 146 Å². The van der Waals surface area contributed by atoms with E-state index in [1.807, 2.05) is 42.6 Å². The van der Waals surface area contributed by atoms with Crippen molar-refractivity contribution >= 4 is 16.8 Å². The van der Waals surface area contributed by atoms with Crippen LogP contribution in [0.5, 0.6) is 5.75 Å². The normalized spacial score (nSPS) is 20.8. The fourth-order valence-electron chi connectivity index (χ4n) is 3.54. The molecule has 0 radical (unpaired) electrons. The van der Waals surface area contributed by atoms with Crippen LogP contribution < -0.4 is 10.5 Å². The van der Waals surface area contributed by atoms with Gasteiger partial charge >= 0.3 is 0 Å². The van der Waals surface area contributed by atoms with Gasteiger partial charge in [-0.3, -0.25) is 9.69 Å². The number of aromatic amines is 1. The van der Waals surface area contributed by atoms with Crippen LogP contribution in [0.15, 0.2) is 60.8 Å². The zero-order chi connectivity index (χ0) is 17.2. The Hall–Kier alpha value is -2.79. The summed E-state index contributed by atoms with van der Waals surface area (Å²) in [4.78, 5) is 17.2. The van der Waals surface area contributed by atoms with Gasteiger partial charge in [-0.25, -0.2) is 0 Å². The van der Waals surface area contributed by atoms with Gasteiger partial charge in [0.05, 0.1) is 6.04 Å². The number of carbonyl (C=O) groups is 1. The molecule has 1 saturated heterocycles. The second-order valence-electron chi connectivity index (χ2n) is 6.54. The largest absolute Gasteiger partial charge is 0.489 e. The van der Waals surface area contributed by atoms with E-state index < -0.39 is 0 Å². The summed E-state index contributed by atoms with van der Waals surface area (Å²) in [7, 11) is 0. The maximum Gasteiger partial charge on any atom is 0.234 e. The first kappa shape index (κ1) is 15.7. The van der Waals surface area contributed by atoms with Gasteiger partial charge in [-0.15, -0.1) is 0 Å². The van der Waals surface area contributed by atoms with Gasteiger partial charge in [-0.1, -0.05) is 30.3 Å². The lowest BCUT2D eigenvalue weighted by Gasteiger charge is -2.21. The highest BCUT2D eigenvalue weighted by molar-refractivity contribution is 5.81. The number of para-hydroxylation sites is 1. The number of benzene rings is 2. The zero-order valence-electron chi connectivity index (χ0n) is 13.9. The van der Waals surface area contributed by atoms with Crippen LogP contribution in [-0.4, -0.2) is 34.5 Å². The van der Waals surface area contributed by atoms with Gasteiger partial charge in [-0.2, -0.15) is 0 Å². The monoisotopic (exact) mass is 335 g/mol. The molecule has 128 valence electrons. The number of primary amides is 1. The highest BCUT2D eigenvalue weighted by atomic mass is 16.5. The topological polar surface area (TPSA) is 71.4 Å². The fraction of sp³-hybridized carbons (Fsp3) is 0.250. The Morgan fingerprint density at radius 3 is 2.84 bits per heavy atom. The molecule has 2 heterocycles. The van der Waals surface area contributed by atoms with Crippen LogP contribution in [0.3, 0.4) is 0 Å². The summed E-state index contributed by atoms with van der Waals surface area (Å²) >= 11 is 0. The summed E-state index contributed by atoms with van der Waals surface area (Å²) in [6.45, 7) is 1.36. The number of nitrogens with zero attached hydrogens (tertiary/aromatic N) is 1. The molecule has 1 aliphatic rings. The quantitative estimate of drug-likeness (QED) is 0.753. The van der Waals surface area contributed by atoms with Crippen molar-refractivity contribution in [1.29, 1.82) is 0 Å². The molecule has 0 unspecified atom stereocenters. The predicted octanol–water partition coefficient (Wildman–Crippen LogP) is 2.68. The van der Waals surface area contributed by atoms with E-state index in [0.717, 1.165) is 16.8 Å². The molecule has 25 heavy (non-hydrogen) atoms. The van der Waals surface area contributed by atoms with Crippen LogP contribution in [0.2, 0.25) is 0 Å². The third kappa shape index (κ3) is 3.37. The minimum Gasteiger partial charge on any atom is -0.489 e. The third-order valence-corrected chi connectivity index (χ3v) is 4.74. The van der Waals surface area contributed by atoms with Gasteiger partial charge in [0.2, 0.25) is 5.91 Å². The van der Waals surface area contributed by atoms with Crippen LogP contribution in [0.1, 0.15) is 12.0 Å². The molecular formula is C20H21N3O2. The van der Waals surface area contributed by atoms with E-state index in [2.05, 4.69) is 28.1 Å². The number of ether oxygens (including phenoxy) is 1. The number of amides is 1. The summed E-state index contributed by atoms with van der Waals surface area (Å²) in [6.07, 6.45) is 2.52. The Morgan fingerprint density at radius 2 is 2.04 bits per heavy atom. The smallest absolute Gasteiger partial charge is 0.234 e. The molecule has 1 aliphatic heterocycles. The molecule has 1 aromatic heterocycles. The van der Waals surface area contributed by atoms with Crippen LogP contribution in [0, 0.1) is 0 Å². The van der Waals surface area contributed by atoms with Crippen molar-refractivity contribution in [3.8, 4) is 5.75 Å². The van der Waals surface area contributed by atoms with Crippen LogP contribution in [-0.2, 0) is 11.3 Å². The highest BCUT2D eigenvalue weighted by Gasteiger charge is 2.36. The summed E-state index contributed by atoms with van der Waals surface area (Å²) in [6, 6.07) is 17.8. The maximum atomic E-state index is 11.9. The van der Waals surface area contributed by atoms with Crippen molar-refractivity contribution in [3.63, 3.8) is 0 Å². The molecule has 1 amide bonds. The number of carbonyl (C=O) groups excluding carboxylic acids is 1. The van der Waals surface area contributed by atoms with E-state index in [1.54, 1.807) is 0 Å². The summed E-state index contributed by atoms with van der Waals surface area (Å²) in [5.41, 5.74) is 7.88. The van der Waals surface area contributed by atoms with Crippen molar-refractivity contribution in [1.82, 2.24) is 9.88 Å². The van der Waals surface area contributed by atoms with Crippen LogP contribution in [0.25, 0.3) is 10.9 Å². The Bertz CT molecular complexity index is 875. The number of nitrogens with one attached hydrogen (secondary N) is 1. The number of nitrogens with two attached hydrogens (primary N) is 1. The molecule has 0 saturated carbocycles. The first-order chi connectivity index (χ1) is 12.2. The third-order valence-electron chi connectivity index (χ3n) is 4.74. The molecule has 2 aromatic carbocycles. The lowest BCUT2D eigenvalue weighted by atomic mass is 10.1. The van der Waals surface area contributed by atoms with E-state index in [1.165, 1.54) is 5.39 Å². The molecule has 4 rings (SSSR count). The SMILES string of the molecule is NC(=O)[C@@H]1C[C@H](Oc2ccccc2)CN1Cc1ccc2cc[nH]c2c1. The fourth-order valence-corrected chi connectivity index (χ4v) is 3.54. The molecular weight excluding hydrogens is 314 g/mol. The Balaban J connectivity index is 1.49. The van der Waals surface area contributed by atoms with E-state index >= 15 is 0 Å². The number of hydrogen-bond donors (Lipinski definition) is 2. The average molecular weight is 335 g/mol. The lowest BCUT2D eigenvalue weighted by Crippen LogP contribution is -2.39. The van der Waals surface area contributed by atoms with Crippen LogP contribution in [0.4, 0.5) is 0 Å². The minimum absolute atomic E-state index is 0.0332. The number of H-pyrrole nitrogens is 1. The molecule has 2 atom stereocenters. The predicted molar refractivity (Wildman–Crippen MR) is 97.2 cm³/mol. The first-order valence-electron chi connectivity index (χ1n) is 8.50. The Kier molecular flexibility index (Phi) is 4.15. The number of aromatic nitrogens is 1. The lowest BCUT2D eigenvalue weighted by molar-refractivity contribution is -0.122. The van der Waals surface area contributed by atoms with Crippen molar-refractivity contribution < 1.29 is 9.53 Å². The van der Waals surface area contributed by atoms with E-state index in [9.17, 15) is 4.79 Å². The minimum atomic E-state index is -0.298. The second-order valence-corrected chi connectivity index (χ2v) is 6.54. The van der Waals surface area contributed by atoms with E-state index in [4.69, 9.17) is 10.5 Å². The molecule has 5 nitrogen and oxygen atoms in total. The number of likely N-dealkylation sites (tertiary alicyclic amines) is 1. The number of hydrogen-bond acceptors (Lipinski definition) is 3. The number of rotatable bonds is 5. The summed E-state index contributed by atoms with van der Waals surface area (Å²) < 4.78 is 6.03.